The van der Waals surface area contributed by atoms with E-state index in [1.165, 1.54) is 158 Å². The minimum absolute atomic E-state index is 1.14. The monoisotopic (exact) mass is 724 g/mol. The maximum absolute atomic E-state index is 4.21. The molecule has 0 N–H and O–H groups in total. The van der Waals surface area contributed by atoms with Gasteiger partial charge in [0, 0.05) is 29.9 Å². The summed E-state index contributed by atoms with van der Waals surface area (Å²) in [6, 6.07) is 26.5. The predicted octanol–water partition coefficient (Wildman–Crippen LogP) is 17.2. The molecule has 0 aliphatic rings. The molecule has 272 valence electrons. The van der Waals surface area contributed by atoms with Gasteiger partial charge in [0.05, 0.1) is 0 Å². The van der Waals surface area contributed by atoms with Crippen molar-refractivity contribution in [1.29, 1.82) is 0 Å². The molecule has 2 heterocycles. The van der Waals surface area contributed by atoms with Crippen molar-refractivity contribution in [3.8, 4) is 10.4 Å². The van der Waals surface area contributed by atoms with Gasteiger partial charge in [-0.05, 0) is 131 Å². The van der Waals surface area contributed by atoms with Crippen LogP contribution in [0.3, 0.4) is 0 Å². The summed E-state index contributed by atoms with van der Waals surface area (Å²) in [7, 11) is 0. The van der Waals surface area contributed by atoms with Gasteiger partial charge in [-0.2, -0.15) is 0 Å². The Morgan fingerprint density at radius 1 is 0.519 bits per heavy atom. The van der Waals surface area contributed by atoms with Crippen LogP contribution in [0.1, 0.15) is 134 Å². The Hall–Kier alpha value is -3.46. The fourth-order valence-electron chi connectivity index (χ4n) is 7.95. The van der Waals surface area contributed by atoms with Gasteiger partial charge >= 0.3 is 0 Å². The molecule has 2 heteroatoms. The highest BCUT2D eigenvalue weighted by Gasteiger charge is 2.14. The normalized spacial score (nSPS) is 12.6. The molecule has 0 aliphatic heterocycles. The lowest BCUT2D eigenvalue weighted by Gasteiger charge is -2.12. The highest BCUT2D eigenvalue weighted by atomic mass is 32.1. The van der Waals surface area contributed by atoms with Crippen molar-refractivity contribution >= 4 is 70.5 Å². The Balaban J connectivity index is 1.33. The molecule has 0 saturated heterocycles. The van der Waals surface area contributed by atoms with Gasteiger partial charge in [-0.3, -0.25) is 0 Å². The van der Waals surface area contributed by atoms with Gasteiger partial charge in [0.25, 0.3) is 0 Å². The van der Waals surface area contributed by atoms with Gasteiger partial charge in [0.1, 0.15) is 0 Å². The Morgan fingerprint density at radius 3 is 1.69 bits per heavy atom. The van der Waals surface area contributed by atoms with E-state index < -0.39 is 0 Å². The Bertz CT molecular complexity index is 2160. The largest absolute Gasteiger partial charge is 0.136 e. The summed E-state index contributed by atoms with van der Waals surface area (Å²) in [5.41, 5.74) is 7.43. The molecule has 0 unspecified atom stereocenters. The van der Waals surface area contributed by atoms with Crippen molar-refractivity contribution in [1.82, 2.24) is 0 Å². The zero-order valence-corrected chi connectivity index (χ0v) is 34.1. The zero-order valence-electron chi connectivity index (χ0n) is 32.4. The van der Waals surface area contributed by atoms with Gasteiger partial charge in [-0.1, -0.05) is 140 Å². The molecule has 0 bridgehead atoms. The molecule has 0 spiro atoms. The number of unbranched alkanes of at least 4 members (excludes halogenated alkanes) is 8. The Kier molecular flexibility index (Phi) is 14.0. The molecule has 6 rings (SSSR count). The first kappa shape index (κ1) is 38.3. The number of aryl methyl sites for hydroxylation is 2. The Labute approximate surface area is 322 Å². The second-order valence-corrected chi connectivity index (χ2v) is 17.1. The molecule has 52 heavy (non-hydrogen) atoms. The smallest absolute Gasteiger partial charge is 0.0355 e. The minimum Gasteiger partial charge on any atom is -0.136 e. The van der Waals surface area contributed by atoms with E-state index in [9.17, 15) is 0 Å². The third-order valence-corrected chi connectivity index (χ3v) is 13.2. The van der Waals surface area contributed by atoms with Crippen LogP contribution in [0.4, 0.5) is 0 Å². The number of rotatable bonds is 20. The first-order chi connectivity index (χ1) is 25.6. The lowest BCUT2D eigenvalue weighted by atomic mass is 9.94. The molecule has 4 aromatic carbocycles. The van der Waals surface area contributed by atoms with Crippen molar-refractivity contribution in [2.75, 3.05) is 0 Å². The summed E-state index contributed by atoms with van der Waals surface area (Å²) >= 11 is 3.86. The Morgan fingerprint density at radius 2 is 1.06 bits per heavy atom. The third-order valence-electron chi connectivity index (χ3n) is 11.0. The quantitative estimate of drug-likeness (QED) is 0.0418. The molecule has 0 saturated carbocycles. The standard InChI is InChI=1S/C50H60S2/c1-6-11-15-19-36(10-5)37(20-16-12-7-2)25-26-41-34-46-44-27-28-45-43(42(44)29-31-48(46)51-41)30-32-49-47(45)35-50(52-49)40-24-23-38(21-17-13-8-3)39(33-40)22-18-14-9-4/h10,23-35H,5-9,11-22H2,1-4H3/b26-25+,37-36+. The van der Waals surface area contributed by atoms with Gasteiger partial charge in [0.2, 0.25) is 0 Å². The van der Waals surface area contributed by atoms with Gasteiger partial charge in [-0.25, -0.2) is 0 Å². The van der Waals surface area contributed by atoms with E-state index in [1.807, 2.05) is 22.7 Å². The van der Waals surface area contributed by atoms with E-state index in [-0.39, 0.29) is 0 Å². The molecule has 0 radical (unpaired) electrons. The van der Waals surface area contributed by atoms with Crippen LogP contribution in [0.2, 0.25) is 0 Å². The van der Waals surface area contributed by atoms with Crippen molar-refractivity contribution in [2.45, 2.75) is 130 Å². The second-order valence-electron chi connectivity index (χ2n) is 14.9. The van der Waals surface area contributed by atoms with Crippen LogP contribution in [0.15, 0.2) is 96.6 Å². The number of hydrogen-bond acceptors (Lipinski definition) is 2. The number of allylic oxidation sites excluding steroid dienone is 4. The summed E-state index contributed by atoms with van der Waals surface area (Å²) in [6.45, 7) is 13.4. The van der Waals surface area contributed by atoms with Crippen LogP contribution < -0.4 is 0 Å². The van der Waals surface area contributed by atoms with Gasteiger partial charge in [-0.15, -0.1) is 22.7 Å². The highest BCUT2D eigenvalue weighted by Crippen LogP contribution is 2.42. The highest BCUT2D eigenvalue weighted by molar-refractivity contribution is 7.22. The summed E-state index contributed by atoms with van der Waals surface area (Å²) in [6.07, 6.45) is 26.9. The van der Waals surface area contributed by atoms with E-state index in [4.69, 9.17) is 0 Å². The SMILES string of the molecule is C=C/C(CCCCC)=C(\C=C\c1cc2c(ccc3c2ccc2c4cc(-c5ccc(CCCCC)c(CCCCC)c5)sc4ccc23)s1)CCCCC. The number of fused-ring (bicyclic) bond motifs is 7. The van der Waals surface area contributed by atoms with Crippen LogP contribution in [0.25, 0.3) is 58.2 Å². The summed E-state index contributed by atoms with van der Waals surface area (Å²) in [4.78, 5) is 2.72. The van der Waals surface area contributed by atoms with Crippen LogP contribution in [-0.4, -0.2) is 0 Å². The molecule has 0 nitrogen and oxygen atoms in total. The maximum atomic E-state index is 4.21. The number of thiophene rings is 2. The fourth-order valence-corrected chi connectivity index (χ4v) is 10.0. The van der Waals surface area contributed by atoms with E-state index in [2.05, 4.69) is 119 Å². The average molecular weight is 725 g/mol. The van der Waals surface area contributed by atoms with Crippen molar-refractivity contribution < 1.29 is 0 Å². The van der Waals surface area contributed by atoms with Crippen molar-refractivity contribution in [3.05, 3.63) is 113 Å². The predicted molar refractivity (Wildman–Crippen MR) is 239 cm³/mol. The molecule has 0 amide bonds. The van der Waals surface area contributed by atoms with E-state index in [0.29, 0.717) is 0 Å². The number of benzene rings is 4. The third kappa shape index (κ3) is 9.00. The summed E-state index contributed by atoms with van der Waals surface area (Å²) in [5, 5.41) is 8.18. The first-order valence-corrected chi connectivity index (χ1v) is 22.2. The topological polar surface area (TPSA) is 0 Å². The van der Waals surface area contributed by atoms with E-state index >= 15 is 0 Å². The van der Waals surface area contributed by atoms with Gasteiger partial charge < -0.3 is 0 Å². The average Bonchev–Trinajstić information content (AvgIpc) is 3.80. The summed E-state index contributed by atoms with van der Waals surface area (Å²) in [5.74, 6) is 0. The molecular formula is C50H60S2. The van der Waals surface area contributed by atoms with Crippen LogP contribution in [-0.2, 0) is 12.8 Å². The molecule has 0 fully saturated rings. The maximum Gasteiger partial charge on any atom is 0.0355 e. The molecule has 6 aromatic rings. The van der Waals surface area contributed by atoms with E-state index in [0.717, 1.165) is 12.8 Å². The van der Waals surface area contributed by atoms with E-state index in [1.54, 1.807) is 11.1 Å². The zero-order chi connectivity index (χ0) is 36.3. The molecule has 0 aliphatic carbocycles. The van der Waals surface area contributed by atoms with Crippen molar-refractivity contribution in [2.24, 2.45) is 0 Å². The molecular weight excluding hydrogens is 665 g/mol. The second kappa shape index (κ2) is 19.0. The lowest BCUT2D eigenvalue weighted by molar-refractivity contribution is 0.694. The fraction of sp³-hybridized carbons (Fsp3) is 0.400. The van der Waals surface area contributed by atoms with Gasteiger partial charge in [0.15, 0.2) is 0 Å². The van der Waals surface area contributed by atoms with Crippen LogP contribution in [0, 0.1) is 0 Å². The van der Waals surface area contributed by atoms with Crippen LogP contribution in [0.5, 0.6) is 0 Å². The lowest BCUT2D eigenvalue weighted by Crippen LogP contribution is -1.96. The number of hydrogen-bond donors (Lipinski definition) is 0. The first-order valence-electron chi connectivity index (χ1n) is 20.5. The molecule has 2 aromatic heterocycles. The molecule has 0 atom stereocenters. The minimum atomic E-state index is 1.14. The summed E-state index contributed by atoms with van der Waals surface area (Å²) < 4.78 is 2.74. The van der Waals surface area contributed by atoms with Crippen LogP contribution >= 0.6 is 22.7 Å². The van der Waals surface area contributed by atoms with Crippen molar-refractivity contribution in [3.63, 3.8) is 0 Å².